The Balaban J connectivity index is 1.06. The van der Waals surface area contributed by atoms with Gasteiger partial charge in [-0.05, 0) is 60.2 Å². The molecule has 3 aromatic carbocycles. The number of aromatic nitrogens is 1. The molecule has 0 bridgehead atoms. The number of carbonyl (C=O) groups is 2. The fraction of sp³-hybridized carbons (Fsp3) is 0.229. The number of nitrogens with one attached hydrogen (secondary N) is 2. The normalized spacial score (nSPS) is 13.2. The molecule has 12 heteroatoms. The van der Waals surface area contributed by atoms with Crippen molar-refractivity contribution in [1.29, 1.82) is 0 Å². The average Bonchev–Trinajstić information content (AvgIpc) is 3.52. The average molecular weight is 657 g/mol. The maximum absolute atomic E-state index is 15.1. The van der Waals surface area contributed by atoms with E-state index in [4.69, 9.17) is 18.9 Å². The molecule has 3 heterocycles. The number of ether oxygens (including phenoxy) is 4. The molecule has 0 atom stereocenters. The summed E-state index contributed by atoms with van der Waals surface area (Å²) in [6, 6.07) is 22.5. The molecule has 0 spiro atoms. The van der Waals surface area contributed by atoms with Crippen LogP contribution in [0.3, 0.4) is 0 Å². The summed E-state index contributed by atoms with van der Waals surface area (Å²) in [4.78, 5) is 32.6. The number of hydrogen-bond acceptors (Lipinski definition) is 9. The number of nitrogens with zero attached hydrogens (tertiary/aromatic N) is 2. The predicted molar refractivity (Wildman–Crippen MR) is 179 cm³/mol. The number of fused-ring (bicyclic) bond motifs is 1. The second kappa shape index (κ2) is 15.0. The van der Waals surface area contributed by atoms with Crippen molar-refractivity contribution < 1.29 is 32.9 Å². The van der Waals surface area contributed by atoms with Gasteiger partial charge in [0.1, 0.15) is 30.3 Å². The number of para-hydroxylation sites is 2. The van der Waals surface area contributed by atoms with Crippen LogP contribution >= 0.6 is 11.3 Å². The van der Waals surface area contributed by atoms with Gasteiger partial charge in [-0.1, -0.05) is 12.1 Å². The third-order valence-electron chi connectivity index (χ3n) is 7.43. The fourth-order valence-electron chi connectivity index (χ4n) is 5.04. The first kappa shape index (κ1) is 31.9. The Hall–Kier alpha value is -5.04. The topological polar surface area (TPSA) is 111 Å². The number of morpholine rings is 1. The minimum absolute atomic E-state index is 0.0158. The van der Waals surface area contributed by atoms with Crippen LogP contribution in [0.2, 0.25) is 0 Å². The molecule has 1 aliphatic rings. The van der Waals surface area contributed by atoms with Gasteiger partial charge in [-0.2, -0.15) is 0 Å². The van der Waals surface area contributed by atoms with Crippen LogP contribution in [0.5, 0.6) is 23.0 Å². The van der Waals surface area contributed by atoms with Crippen LogP contribution in [-0.4, -0.2) is 68.3 Å². The molecule has 2 N–H and O–H groups in total. The maximum Gasteiger partial charge on any atom is 0.233 e. The highest BCUT2D eigenvalue weighted by Gasteiger charge is 2.16. The number of benzene rings is 3. The van der Waals surface area contributed by atoms with E-state index in [1.807, 2.05) is 30.3 Å². The molecule has 0 saturated carbocycles. The lowest BCUT2D eigenvalue weighted by atomic mass is 10.2. The van der Waals surface area contributed by atoms with Crippen molar-refractivity contribution in [2.45, 2.75) is 6.42 Å². The van der Waals surface area contributed by atoms with E-state index in [1.54, 1.807) is 36.5 Å². The van der Waals surface area contributed by atoms with E-state index in [1.165, 1.54) is 30.6 Å². The zero-order valence-electron chi connectivity index (χ0n) is 25.7. The van der Waals surface area contributed by atoms with Gasteiger partial charge in [0.2, 0.25) is 11.8 Å². The summed E-state index contributed by atoms with van der Waals surface area (Å²) in [6.07, 6.45) is 1.15. The highest BCUT2D eigenvalue weighted by molar-refractivity contribution is 7.22. The Kier molecular flexibility index (Phi) is 10.2. The van der Waals surface area contributed by atoms with Gasteiger partial charge in [0.05, 0.1) is 36.2 Å². The van der Waals surface area contributed by atoms with Gasteiger partial charge in [-0.3, -0.25) is 19.5 Å². The van der Waals surface area contributed by atoms with Crippen LogP contribution in [0, 0.1) is 5.82 Å². The number of hydrogen-bond donors (Lipinski definition) is 2. The summed E-state index contributed by atoms with van der Waals surface area (Å²) in [5.41, 5.74) is 2.37. The predicted octanol–water partition coefficient (Wildman–Crippen LogP) is 6.58. The first-order valence-corrected chi connectivity index (χ1v) is 15.9. The van der Waals surface area contributed by atoms with Gasteiger partial charge in [-0.15, -0.1) is 11.3 Å². The Labute approximate surface area is 275 Å². The molecule has 10 nitrogen and oxygen atoms in total. The van der Waals surface area contributed by atoms with Gasteiger partial charge in [0.25, 0.3) is 0 Å². The van der Waals surface area contributed by atoms with E-state index in [-0.39, 0.29) is 11.4 Å². The molecule has 242 valence electrons. The molecule has 1 aliphatic heterocycles. The summed E-state index contributed by atoms with van der Waals surface area (Å²) in [7, 11) is 1.49. The van der Waals surface area contributed by atoms with Crippen molar-refractivity contribution >= 4 is 44.7 Å². The molecule has 6 rings (SSSR count). The molecular weight excluding hydrogens is 623 g/mol. The largest absolute Gasteiger partial charge is 0.495 e. The number of amides is 2. The molecule has 1 saturated heterocycles. The Bertz CT molecular complexity index is 1860. The summed E-state index contributed by atoms with van der Waals surface area (Å²) in [6.45, 7) is 4.86. The summed E-state index contributed by atoms with van der Waals surface area (Å²) in [5, 5.41) is 5.19. The Morgan fingerprint density at radius 2 is 1.72 bits per heavy atom. The number of pyridine rings is 1. The van der Waals surface area contributed by atoms with E-state index in [9.17, 15) is 9.59 Å². The highest BCUT2D eigenvalue weighted by atomic mass is 32.1. The standard InChI is InChI=1S/C35H33FN4O6S/c1-43-30-5-3-2-4-27(30)39-34(42)22-33(41)38-24-8-11-29(26(36)20-24)46-31-12-13-37-28-21-32(47-35(28)31)23-6-9-25(10-7-23)45-19-16-40-14-17-44-18-15-40/h2-13,20-21H,14-19,22H2,1H3,(H,38,41)(H,39,42). The molecule has 0 aliphatic carbocycles. The van der Waals surface area contributed by atoms with Crippen molar-refractivity contribution in [2.75, 3.05) is 57.2 Å². The van der Waals surface area contributed by atoms with E-state index >= 15 is 4.39 Å². The van der Waals surface area contributed by atoms with Crippen LogP contribution in [0.25, 0.3) is 20.7 Å². The second-order valence-electron chi connectivity index (χ2n) is 10.7. The SMILES string of the molecule is COc1ccccc1NC(=O)CC(=O)Nc1ccc(Oc2ccnc3cc(-c4ccc(OCCN5CCOCC5)cc4)sc23)c(F)c1. The summed E-state index contributed by atoms with van der Waals surface area (Å²) < 4.78 is 38.4. The zero-order valence-corrected chi connectivity index (χ0v) is 26.5. The van der Waals surface area contributed by atoms with Crippen molar-refractivity contribution in [2.24, 2.45) is 0 Å². The van der Waals surface area contributed by atoms with Crippen LogP contribution < -0.4 is 24.8 Å². The number of halogens is 1. The van der Waals surface area contributed by atoms with Crippen LogP contribution in [-0.2, 0) is 14.3 Å². The highest BCUT2D eigenvalue weighted by Crippen LogP contribution is 2.40. The van der Waals surface area contributed by atoms with Crippen molar-refractivity contribution in [3.05, 3.63) is 90.9 Å². The molecule has 0 radical (unpaired) electrons. The lowest BCUT2D eigenvalue weighted by Gasteiger charge is -2.26. The molecule has 5 aromatic rings. The van der Waals surface area contributed by atoms with Crippen LogP contribution in [0.4, 0.5) is 15.8 Å². The quantitative estimate of drug-likeness (QED) is 0.145. The van der Waals surface area contributed by atoms with E-state index in [0.717, 1.165) is 65.3 Å². The minimum atomic E-state index is -0.674. The molecule has 2 amide bonds. The van der Waals surface area contributed by atoms with Crippen molar-refractivity contribution in [3.8, 4) is 33.4 Å². The fourth-order valence-corrected chi connectivity index (χ4v) is 6.11. The number of rotatable bonds is 12. The van der Waals surface area contributed by atoms with Crippen molar-refractivity contribution in [1.82, 2.24) is 9.88 Å². The molecule has 2 aromatic heterocycles. The first-order valence-electron chi connectivity index (χ1n) is 15.1. The van der Waals surface area contributed by atoms with E-state index in [0.29, 0.717) is 23.8 Å². The van der Waals surface area contributed by atoms with Gasteiger partial charge >= 0.3 is 0 Å². The Morgan fingerprint density at radius 1 is 0.936 bits per heavy atom. The molecule has 0 unspecified atom stereocenters. The monoisotopic (exact) mass is 656 g/mol. The lowest BCUT2D eigenvalue weighted by molar-refractivity contribution is -0.123. The Morgan fingerprint density at radius 3 is 2.51 bits per heavy atom. The first-order chi connectivity index (χ1) is 22.9. The number of thiophene rings is 1. The third-order valence-corrected chi connectivity index (χ3v) is 8.62. The van der Waals surface area contributed by atoms with Gasteiger partial charge in [0.15, 0.2) is 11.6 Å². The number of methoxy groups -OCH3 is 1. The van der Waals surface area contributed by atoms with Gasteiger partial charge < -0.3 is 29.6 Å². The van der Waals surface area contributed by atoms with E-state index in [2.05, 4.69) is 20.5 Å². The zero-order chi connectivity index (χ0) is 32.6. The second-order valence-corrected chi connectivity index (χ2v) is 11.7. The minimum Gasteiger partial charge on any atom is -0.495 e. The van der Waals surface area contributed by atoms with Gasteiger partial charge in [-0.25, -0.2) is 4.39 Å². The molecule has 1 fully saturated rings. The van der Waals surface area contributed by atoms with E-state index < -0.39 is 24.1 Å². The van der Waals surface area contributed by atoms with Crippen LogP contribution in [0.1, 0.15) is 6.42 Å². The molecular formula is C35H33FN4O6S. The number of anilines is 2. The smallest absolute Gasteiger partial charge is 0.233 e. The van der Waals surface area contributed by atoms with Gasteiger partial charge in [0, 0.05) is 48.5 Å². The maximum atomic E-state index is 15.1. The van der Waals surface area contributed by atoms with Crippen LogP contribution in [0.15, 0.2) is 85.1 Å². The lowest BCUT2D eigenvalue weighted by Crippen LogP contribution is -2.38. The van der Waals surface area contributed by atoms with Crippen molar-refractivity contribution in [3.63, 3.8) is 0 Å². The third kappa shape index (κ3) is 8.22. The number of carbonyl (C=O) groups excluding carboxylic acids is 2. The summed E-state index contributed by atoms with van der Waals surface area (Å²) >= 11 is 1.49. The molecule has 47 heavy (non-hydrogen) atoms. The summed E-state index contributed by atoms with van der Waals surface area (Å²) in [5.74, 6) is -0.0907.